The molecule has 120 valence electrons. The van der Waals surface area contributed by atoms with E-state index in [1.54, 1.807) is 0 Å². The summed E-state index contributed by atoms with van der Waals surface area (Å²) in [4.78, 5) is 13.9. The van der Waals surface area contributed by atoms with Crippen molar-refractivity contribution in [2.75, 3.05) is 26.2 Å². The molecule has 5 heteroatoms. The van der Waals surface area contributed by atoms with Crippen LogP contribution in [0.2, 0.25) is 0 Å². The van der Waals surface area contributed by atoms with E-state index >= 15 is 0 Å². The highest BCUT2D eigenvalue weighted by Gasteiger charge is 2.35. The Morgan fingerprint density at radius 3 is 2.45 bits per heavy atom. The Morgan fingerprint density at radius 2 is 1.86 bits per heavy atom. The average Bonchev–Trinajstić information content (AvgIpc) is 2.55. The summed E-state index contributed by atoms with van der Waals surface area (Å²) in [6.07, 6.45) is 1.88. The van der Waals surface area contributed by atoms with Crippen molar-refractivity contribution in [1.82, 2.24) is 10.2 Å². The molecule has 0 bridgehead atoms. The molecule has 0 saturated carbocycles. The molecule has 0 spiro atoms. The summed E-state index contributed by atoms with van der Waals surface area (Å²) in [5.41, 5.74) is 1.84. The fourth-order valence-electron chi connectivity index (χ4n) is 3.25. The minimum absolute atomic E-state index is 0.135. The summed E-state index contributed by atoms with van der Waals surface area (Å²) in [7, 11) is 0. The standard InChI is InChI=1S/C17H22F2N2O/c18-17(19)7-10-21(11-8-17)16(22)14-5-3-13(4-6-14)15-2-1-9-20-12-15/h3-6,15,20H,1-2,7-12H2/t15-/m1/s1. The van der Waals surface area contributed by atoms with E-state index < -0.39 is 5.92 Å². The zero-order valence-electron chi connectivity index (χ0n) is 12.7. The highest BCUT2D eigenvalue weighted by Crippen LogP contribution is 2.29. The third-order valence-corrected chi connectivity index (χ3v) is 4.71. The van der Waals surface area contributed by atoms with E-state index in [1.165, 1.54) is 23.3 Å². The molecule has 3 nitrogen and oxygen atoms in total. The molecule has 2 fully saturated rings. The van der Waals surface area contributed by atoms with Gasteiger partial charge in [-0.05, 0) is 43.0 Å². The molecule has 3 rings (SSSR count). The molecule has 2 heterocycles. The van der Waals surface area contributed by atoms with Gasteiger partial charge in [0, 0.05) is 38.0 Å². The Morgan fingerprint density at radius 1 is 1.18 bits per heavy atom. The van der Waals surface area contributed by atoms with Crippen LogP contribution in [0.15, 0.2) is 24.3 Å². The number of carbonyl (C=O) groups is 1. The van der Waals surface area contributed by atoms with E-state index in [4.69, 9.17) is 0 Å². The highest BCUT2D eigenvalue weighted by molar-refractivity contribution is 5.94. The molecule has 2 aliphatic heterocycles. The van der Waals surface area contributed by atoms with Crippen LogP contribution in [-0.4, -0.2) is 42.9 Å². The van der Waals surface area contributed by atoms with Crippen LogP contribution in [0.4, 0.5) is 8.78 Å². The first kappa shape index (κ1) is 15.4. The second-order valence-electron chi connectivity index (χ2n) is 6.31. The molecular formula is C17H22F2N2O. The van der Waals surface area contributed by atoms with Crippen molar-refractivity contribution in [3.63, 3.8) is 0 Å². The molecule has 1 aromatic carbocycles. The Balaban J connectivity index is 1.63. The zero-order chi connectivity index (χ0) is 15.6. The molecule has 0 unspecified atom stereocenters. The molecule has 22 heavy (non-hydrogen) atoms. The number of benzene rings is 1. The summed E-state index contributed by atoms with van der Waals surface area (Å²) < 4.78 is 26.3. The molecule has 1 N–H and O–H groups in total. The highest BCUT2D eigenvalue weighted by atomic mass is 19.3. The molecule has 1 atom stereocenters. The molecule has 2 aliphatic rings. The van der Waals surface area contributed by atoms with Gasteiger partial charge >= 0.3 is 0 Å². The van der Waals surface area contributed by atoms with Gasteiger partial charge in [0.05, 0.1) is 0 Å². The van der Waals surface area contributed by atoms with Gasteiger partial charge in [0.1, 0.15) is 0 Å². The van der Waals surface area contributed by atoms with Gasteiger partial charge in [-0.1, -0.05) is 12.1 Å². The number of alkyl halides is 2. The second-order valence-corrected chi connectivity index (χ2v) is 6.31. The lowest BCUT2D eigenvalue weighted by molar-refractivity contribution is -0.0494. The monoisotopic (exact) mass is 308 g/mol. The lowest BCUT2D eigenvalue weighted by Gasteiger charge is -2.31. The lowest BCUT2D eigenvalue weighted by Crippen LogP contribution is -2.42. The molecule has 1 amide bonds. The Bertz CT molecular complexity index is 514. The Hall–Kier alpha value is -1.49. The minimum atomic E-state index is -2.62. The number of piperidine rings is 2. The smallest absolute Gasteiger partial charge is 0.253 e. The number of hydrogen-bond donors (Lipinski definition) is 1. The summed E-state index contributed by atoms with van der Waals surface area (Å²) in [6, 6.07) is 7.67. The number of halogens is 2. The van der Waals surface area contributed by atoms with Crippen LogP contribution >= 0.6 is 0 Å². The van der Waals surface area contributed by atoms with Crippen molar-refractivity contribution in [2.45, 2.75) is 37.5 Å². The maximum Gasteiger partial charge on any atom is 0.253 e. The van der Waals surface area contributed by atoms with E-state index in [-0.39, 0.29) is 31.8 Å². The topological polar surface area (TPSA) is 32.3 Å². The minimum Gasteiger partial charge on any atom is -0.338 e. The van der Waals surface area contributed by atoms with Crippen LogP contribution in [0.25, 0.3) is 0 Å². The summed E-state index contributed by atoms with van der Waals surface area (Å²) >= 11 is 0. The fraction of sp³-hybridized carbons (Fsp3) is 0.588. The average molecular weight is 308 g/mol. The van der Waals surface area contributed by atoms with Gasteiger partial charge < -0.3 is 10.2 Å². The van der Waals surface area contributed by atoms with Crippen molar-refractivity contribution in [3.05, 3.63) is 35.4 Å². The maximum atomic E-state index is 13.2. The lowest BCUT2D eigenvalue weighted by atomic mass is 9.91. The van der Waals surface area contributed by atoms with E-state index in [2.05, 4.69) is 5.32 Å². The number of amides is 1. The summed E-state index contributed by atoms with van der Waals surface area (Å²) in [6.45, 7) is 2.33. The van der Waals surface area contributed by atoms with Crippen molar-refractivity contribution >= 4 is 5.91 Å². The molecule has 0 aliphatic carbocycles. The van der Waals surface area contributed by atoms with E-state index in [9.17, 15) is 13.6 Å². The van der Waals surface area contributed by atoms with Crippen LogP contribution < -0.4 is 5.32 Å². The molecule has 0 radical (unpaired) electrons. The maximum absolute atomic E-state index is 13.2. The van der Waals surface area contributed by atoms with Crippen molar-refractivity contribution < 1.29 is 13.6 Å². The first-order chi connectivity index (χ1) is 10.6. The van der Waals surface area contributed by atoms with Crippen molar-refractivity contribution in [1.29, 1.82) is 0 Å². The zero-order valence-corrected chi connectivity index (χ0v) is 12.7. The van der Waals surface area contributed by atoms with E-state index in [1.807, 2.05) is 24.3 Å². The van der Waals surface area contributed by atoms with Crippen LogP contribution in [0.3, 0.4) is 0 Å². The van der Waals surface area contributed by atoms with Gasteiger partial charge in [-0.2, -0.15) is 0 Å². The largest absolute Gasteiger partial charge is 0.338 e. The second kappa shape index (κ2) is 6.32. The molecule has 0 aromatic heterocycles. The van der Waals surface area contributed by atoms with Crippen LogP contribution in [-0.2, 0) is 0 Å². The van der Waals surface area contributed by atoms with Gasteiger partial charge in [0.25, 0.3) is 11.8 Å². The number of carbonyl (C=O) groups excluding carboxylic acids is 1. The fourth-order valence-corrected chi connectivity index (χ4v) is 3.25. The number of hydrogen-bond acceptors (Lipinski definition) is 2. The Labute approximate surface area is 129 Å². The normalized spacial score (nSPS) is 25.0. The van der Waals surface area contributed by atoms with E-state index in [0.29, 0.717) is 11.5 Å². The number of nitrogens with zero attached hydrogens (tertiary/aromatic N) is 1. The van der Waals surface area contributed by atoms with Gasteiger partial charge in [-0.25, -0.2) is 8.78 Å². The van der Waals surface area contributed by atoms with Gasteiger partial charge in [-0.3, -0.25) is 4.79 Å². The summed E-state index contributed by atoms with van der Waals surface area (Å²) in [5.74, 6) is -2.25. The van der Waals surface area contributed by atoms with Gasteiger partial charge in [0.15, 0.2) is 0 Å². The number of rotatable bonds is 2. The first-order valence-corrected chi connectivity index (χ1v) is 8.03. The van der Waals surface area contributed by atoms with Gasteiger partial charge in [0.2, 0.25) is 0 Å². The molecular weight excluding hydrogens is 286 g/mol. The Kier molecular flexibility index (Phi) is 4.43. The predicted octanol–water partition coefficient (Wildman–Crippen LogP) is 3.02. The van der Waals surface area contributed by atoms with Crippen LogP contribution in [0.1, 0.15) is 47.5 Å². The third kappa shape index (κ3) is 3.46. The SMILES string of the molecule is O=C(c1ccc([C@@H]2CCCNC2)cc1)N1CCC(F)(F)CC1. The molecule has 2 saturated heterocycles. The van der Waals surface area contributed by atoms with Crippen LogP contribution in [0, 0.1) is 0 Å². The number of nitrogens with one attached hydrogen (secondary N) is 1. The molecule has 1 aromatic rings. The quantitative estimate of drug-likeness (QED) is 0.911. The third-order valence-electron chi connectivity index (χ3n) is 4.71. The van der Waals surface area contributed by atoms with Gasteiger partial charge in [-0.15, -0.1) is 0 Å². The van der Waals surface area contributed by atoms with Crippen LogP contribution in [0.5, 0.6) is 0 Å². The van der Waals surface area contributed by atoms with Crippen molar-refractivity contribution in [2.24, 2.45) is 0 Å². The first-order valence-electron chi connectivity index (χ1n) is 8.03. The predicted molar refractivity (Wildman–Crippen MR) is 81.4 cm³/mol. The summed E-state index contributed by atoms with van der Waals surface area (Å²) in [5, 5.41) is 3.38. The van der Waals surface area contributed by atoms with E-state index in [0.717, 1.165) is 13.1 Å². The van der Waals surface area contributed by atoms with Crippen molar-refractivity contribution in [3.8, 4) is 0 Å². The number of likely N-dealkylation sites (tertiary alicyclic amines) is 1.